The van der Waals surface area contributed by atoms with Gasteiger partial charge >= 0.3 is 59.7 Å². The number of hydrogen-bond donors (Lipinski definition) is 0. The van der Waals surface area contributed by atoms with Crippen molar-refractivity contribution in [1.82, 2.24) is 0 Å². The predicted octanol–water partition coefficient (Wildman–Crippen LogP) is 8.09. The lowest BCUT2D eigenvalue weighted by Crippen LogP contribution is -2.47. The van der Waals surface area contributed by atoms with Crippen molar-refractivity contribution in [3.63, 3.8) is 0 Å². The van der Waals surface area contributed by atoms with E-state index in [9.17, 15) is 47.9 Å². The van der Waals surface area contributed by atoms with Gasteiger partial charge in [0.1, 0.15) is 62.5 Å². The maximum absolute atomic E-state index is 14.7. The number of esters is 10. The summed E-state index contributed by atoms with van der Waals surface area (Å²) in [4.78, 5) is 135. The SMILES string of the molecule is C.C.C=C1CC(C)OC1=O.CCC(COC(=O)C(CC1C(=O)OC(C)C1C)C1(C)CC(C)OC1=O)(COC(=O)C(CC1(C)CC(C)OC1=O)C1(C)CC(C)OC1=O)COC(=O)C(CC1(C)CC(C)OC1=O)C1(C)CC(C)OC1=O. The molecule has 0 saturated carbocycles. The van der Waals surface area contributed by atoms with Crippen LogP contribution in [0.15, 0.2) is 12.2 Å². The van der Waals surface area contributed by atoms with Crippen molar-refractivity contribution in [1.29, 1.82) is 0 Å². The summed E-state index contributed by atoms with van der Waals surface area (Å²) >= 11 is 0. The van der Waals surface area contributed by atoms with Crippen LogP contribution in [0.5, 0.6) is 0 Å². The van der Waals surface area contributed by atoms with E-state index in [4.69, 9.17) is 47.4 Å². The molecule has 0 aromatic heterocycles. The van der Waals surface area contributed by atoms with E-state index in [0.29, 0.717) is 12.0 Å². The van der Waals surface area contributed by atoms with Gasteiger partial charge in [0.25, 0.3) is 0 Å². The van der Waals surface area contributed by atoms with Gasteiger partial charge in [0.15, 0.2) is 0 Å². The van der Waals surface area contributed by atoms with E-state index in [1.165, 1.54) is 0 Å². The first-order valence-electron chi connectivity index (χ1n) is 27.3. The van der Waals surface area contributed by atoms with E-state index in [1.807, 2.05) is 13.8 Å². The first-order chi connectivity index (χ1) is 35.6. The number of hydrogen-bond acceptors (Lipinski definition) is 20. The van der Waals surface area contributed by atoms with Gasteiger partial charge in [-0.25, -0.2) is 4.79 Å². The number of ether oxygens (including phenoxy) is 10. The molecule has 0 aromatic rings. The van der Waals surface area contributed by atoms with Gasteiger partial charge in [-0.2, -0.15) is 0 Å². The zero-order valence-corrected chi connectivity index (χ0v) is 47.5. The molecule has 0 spiro atoms. The molecule has 446 valence electrons. The van der Waals surface area contributed by atoms with Crippen molar-refractivity contribution in [2.75, 3.05) is 19.8 Å². The topological polar surface area (TPSA) is 263 Å². The Morgan fingerprint density at radius 2 is 0.861 bits per heavy atom. The fourth-order valence-electron chi connectivity index (χ4n) is 12.8. The second kappa shape index (κ2) is 24.7. The highest BCUT2D eigenvalue weighted by Crippen LogP contribution is 2.52. The van der Waals surface area contributed by atoms with Gasteiger partial charge in [0.05, 0.1) is 56.2 Å². The van der Waals surface area contributed by atoms with Crippen molar-refractivity contribution in [2.45, 2.75) is 219 Å². The largest absolute Gasteiger partial charge is 0.465 e. The Hall–Kier alpha value is -5.56. The van der Waals surface area contributed by atoms with E-state index in [2.05, 4.69) is 6.58 Å². The highest BCUT2D eigenvalue weighted by Gasteiger charge is 2.60. The van der Waals surface area contributed by atoms with Crippen LogP contribution in [0.25, 0.3) is 0 Å². The van der Waals surface area contributed by atoms with Crippen LogP contribution in [-0.2, 0) is 95.3 Å². The predicted molar refractivity (Wildman–Crippen MR) is 282 cm³/mol. The van der Waals surface area contributed by atoms with Gasteiger partial charge in [-0.05, 0) is 122 Å². The minimum Gasteiger partial charge on any atom is -0.465 e. The van der Waals surface area contributed by atoms with Crippen molar-refractivity contribution < 1.29 is 95.3 Å². The van der Waals surface area contributed by atoms with Crippen molar-refractivity contribution in [3.8, 4) is 0 Å². The Bertz CT molecular complexity index is 2270. The Labute approximate surface area is 466 Å². The first-order valence-corrected chi connectivity index (χ1v) is 27.3. The first kappa shape index (κ1) is 66.0. The molecule has 7 aliphatic heterocycles. The number of rotatable bonds is 19. The van der Waals surface area contributed by atoms with E-state index in [0.717, 1.165) is 0 Å². The highest BCUT2D eigenvalue weighted by molar-refractivity contribution is 5.91. The van der Waals surface area contributed by atoms with E-state index in [1.54, 1.807) is 83.1 Å². The third-order valence-electron chi connectivity index (χ3n) is 17.9. The molecule has 0 aromatic carbocycles. The summed E-state index contributed by atoms with van der Waals surface area (Å²) in [6, 6.07) is 0. The molecular formula is C59H90O20. The molecule has 0 radical (unpaired) electrons. The smallest absolute Gasteiger partial charge is 0.333 e. The zero-order chi connectivity index (χ0) is 57.5. The molecule has 7 fully saturated rings. The lowest BCUT2D eigenvalue weighted by atomic mass is 9.67. The van der Waals surface area contributed by atoms with Gasteiger partial charge < -0.3 is 47.4 Å². The Kier molecular flexibility index (Phi) is 20.6. The van der Waals surface area contributed by atoms with Crippen LogP contribution in [0.3, 0.4) is 0 Å². The van der Waals surface area contributed by atoms with Crippen LogP contribution in [0.2, 0.25) is 0 Å². The van der Waals surface area contributed by atoms with Gasteiger partial charge in [0, 0.05) is 37.2 Å². The zero-order valence-electron chi connectivity index (χ0n) is 47.5. The molecule has 20 nitrogen and oxygen atoms in total. The Morgan fingerprint density at radius 1 is 0.519 bits per heavy atom. The molecule has 79 heavy (non-hydrogen) atoms. The fourth-order valence-corrected chi connectivity index (χ4v) is 12.8. The molecular weight excluding hydrogens is 1030 g/mol. The number of cyclic esters (lactones) is 7. The molecule has 0 amide bonds. The monoisotopic (exact) mass is 1120 g/mol. The molecule has 0 aliphatic carbocycles. The average Bonchev–Trinajstić information content (AvgIpc) is 4.14. The Balaban J connectivity index is 0.00000123. The van der Waals surface area contributed by atoms with Gasteiger partial charge in [-0.15, -0.1) is 0 Å². The normalized spacial score (nSPS) is 37.5. The van der Waals surface area contributed by atoms with Crippen LogP contribution < -0.4 is 0 Å². The van der Waals surface area contributed by atoms with E-state index in [-0.39, 0.29) is 90.6 Å². The summed E-state index contributed by atoms with van der Waals surface area (Å²) in [7, 11) is 0. The quantitative estimate of drug-likeness (QED) is 0.0672. The maximum atomic E-state index is 14.7. The van der Waals surface area contributed by atoms with E-state index >= 15 is 0 Å². The number of carbonyl (C=O) groups excluding carboxylic acids is 10. The summed E-state index contributed by atoms with van der Waals surface area (Å²) < 4.78 is 56.4. The second-order valence-electron chi connectivity index (χ2n) is 25.1. The highest BCUT2D eigenvalue weighted by atomic mass is 16.6. The third kappa shape index (κ3) is 13.6. The fraction of sp³-hybridized carbons (Fsp3) is 0.797. The molecule has 17 unspecified atom stereocenters. The maximum Gasteiger partial charge on any atom is 0.333 e. The molecule has 17 atom stereocenters. The van der Waals surface area contributed by atoms with Gasteiger partial charge in [-0.3, -0.25) is 43.2 Å². The molecule has 0 N–H and O–H groups in total. The van der Waals surface area contributed by atoms with Crippen molar-refractivity contribution in [2.24, 2.45) is 62.1 Å². The van der Waals surface area contributed by atoms with Crippen LogP contribution >= 0.6 is 0 Å². The molecule has 7 heterocycles. The molecule has 7 saturated heterocycles. The van der Waals surface area contributed by atoms with Crippen LogP contribution in [0.4, 0.5) is 0 Å². The van der Waals surface area contributed by atoms with Gasteiger partial charge in [-0.1, -0.05) is 35.3 Å². The minimum absolute atomic E-state index is 0. The molecule has 7 rings (SSSR count). The summed E-state index contributed by atoms with van der Waals surface area (Å²) in [5.41, 5.74) is -7.43. The van der Waals surface area contributed by atoms with Crippen LogP contribution in [0.1, 0.15) is 176 Å². The summed E-state index contributed by atoms with van der Waals surface area (Å²) in [6.07, 6.45) is -1.39. The third-order valence-corrected chi connectivity index (χ3v) is 17.9. The number of carbonyl (C=O) groups is 10. The van der Waals surface area contributed by atoms with Crippen LogP contribution in [-0.4, -0.2) is 122 Å². The lowest BCUT2D eigenvalue weighted by Gasteiger charge is -2.37. The Morgan fingerprint density at radius 3 is 1.11 bits per heavy atom. The molecule has 7 aliphatic rings. The lowest BCUT2D eigenvalue weighted by molar-refractivity contribution is -0.178. The van der Waals surface area contributed by atoms with Crippen molar-refractivity contribution in [3.05, 3.63) is 12.2 Å². The van der Waals surface area contributed by atoms with E-state index < -0.39 is 166 Å². The molecule has 20 heteroatoms. The van der Waals surface area contributed by atoms with Crippen LogP contribution in [0, 0.1) is 62.1 Å². The summed E-state index contributed by atoms with van der Waals surface area (Å²) in [6.45, 7) is 25.8. The van der Waals surface area contributed by atoms with Crippen molar-refractivity contribution >= 4 is 59.7 Å². The van der Waals surface area contributed by atoms with Gasteiger partial charge in [0.2, 0.25) is 0 Å². The average molecular weight is 1120 g/mol. The summed E-state index contributed by atoms with van der Waals surface area (Å²) in [5, 5.41) is 0. The second-order valence-corrected chi connectivity index (χ2v) is 25.1. The molecule has 0 bridgehead atoms. The summed E-state index contributed by atoms with van der Waals surface area (Å²) in [5.74, 6) is -10.9. The standard InChI is InChI=1S/C51H74O18.C6H8O2.2CH4/c1-14-51(23-61-38(53)34(48(11)18-28(4)66-43(48)58)15-33-31(7)32(8)69-37(33)52,24-62-39(54)35(49(12)19-29(5)67-44(49)59)21-46(9)16-26(2)64-41(46)56)25-63-40(55)36(50(13)20-30(6)68-45(50)60)22-47(10)17-27(3)65-42(47)57;1-4-3-5(2)8-6(4)7;;/h26-36H,14-25H2,1-13H3;5H,1,3H2,2H3;2*1H4. The minimum atomic E-state index is -1.51.